The minimum Gasteiger partial charge on any atom is -0.467 e. The first-order valence-corrected chi connectivity index (χ1v) is 7.69. The molecule has 5 nitrogen and oxygen atoms in total. The predicted molar refractivity (Wildman–Crippen MR) is 77.2 cm³/mol. The van der Waals surface area contributed by atoms with Crippen LogP contribution >= 0.6 is 0 Å². The Morgan fingerprint density at radius 2 is 2.10 bits per heavy atom. The molecule has 1 saturated carbocycles. The predicted octanol–water partition coefficient (Wildman–Crippen LogP) is 2.08. The lowest BCUT2D eigenvalue weighted by molar-refractivity contribution is -0.157. The summed E-state index contributed by atoms with van der Waals surface area (Å²) in [5, 5.41) is 3.02. The molecule has 1 N–H and O–H groups in total. The van der Waals surface area contributed by atoms with Gasteiger partial charge in [-0.15, -0.1) is 0 Å². The van der Waals surface area contributed by atoms with Crippen molar-refractivity contribution >= 4 is 11.8 Å². The van der Waals surface area contributed by atoms with E-state index >= 15 is 0 Å². The fourth-order valence-corrected chi connectivity index (χ4v) is 3.63. The second kappa shape index (κ2) is 5.20. The molecule has 1 atom stereocenters. The van der Waals surface area contributed by atoms with Gasteiger partial charge in [-0.05, 0) is 30.9 Å². The molecule has 1 saturated heterocycles. The highest BCUT2D eigenvalue weighted by Gasteiger charge is 2.52. The maximum Gasteiger partial charge on any atom is 0.249 e. The summed E-state index contributed by atoms with van der Waals surface area (Å²) in [5.41, 5.74) is -0.672. The molecule has 2 heterocycles. The van der Waals surface area contributed by atoms with Crippen LogP contribution in [0, 0.1) is 5.92 Å². The van der Waals surface area contributed by atoms with Crippen LogP contribution in [0.3, 0.4) is 0 Å². The van der Waals surface area contributed by atoms with E-state index in [1.165, 1.54) is 0 Å². The molecule has 1 aromatic heterocycles. The van der Waals surface area contributed by atoms with Crippen molar-refractivity contribution in [1.29, 1.82) is 0 Å². The smallest absolute Gasteiger partial charge is 0.249 e. The minimum absolute atomic E-state index is 0.0296. The summed E-state index contributed by atoms with van der Waals surface area (Å²) in [6.07, 6.45) is 5.08. The second-order valence-electron chi connectivity index (χ2n) is 6.48. The highest BCUT2D eigenvalue weighted by molar-refractivity contribution is 6.00. The van der Waals surface area contributed by atoms with E-state index in [-0.39, 0.29) is 17.7 Å². The van der Waals surface area contributed by atoms with Crippen LogP contribution in [0.4, 0.5) is 0 Å². The van der Waals surface area contributed by atoms with Crippen molar-refractivity contribution in [2.45, 2.75) is 57.7 Å². The zero-order valence-electron chi connectivity index (χ0n) is 12.6. The fourth-order valence-electron chi connectivity index (χ4n) is 3.63. The Morgan fingerprint density at radius 1 is 1.38 bits per heavy atom. The normalized spacial score (nSPS) is 24.9. The van der Waals surface area contributed by atoms with E-state index in [0.717, 1.165) is 31.4 Å². The van der Waals surface area contributed by atoms with E-state index in [1.54, 1.807) is 17.2 Å². The molecular formula is C16H22N2O3. The van der Waals surface area contributed by atoms with Gasteiger partial charge in [-0.1, -0.05) is 26.7 Å². The van der Waals surface area contributed by atoms with Crippen molar-refractivity contribution in [3.05, 3.63) is 24.2 Å². The van der Waals surface area contributed by atoms with Crippen LogP contribution in [0.5, 0.6) is 0 Å². The molecule has 21 heavy (non-hydrogen) atoms. The van der Waals surface area contributed by atoms with Crippen molar-refractivity contribution < 1.29 is 14.0 Å². The molecule has 0 aromatic carbocycles. The Morgan fingerprint density at radius 3 is 2.67 bits per heavy atom. The molecule has 2 fully saturated rings. The van der Waals surface area contributed by atoms with Crippen molar-refractivity contribution in [3.63, 3.8) is 0 Å². The Balaban J connectivity index is 1.92. The third-order valence-corrected chi connectivity index (χ3v) is 4.63. The van der Waals surface area contributed by atoms with E-state index in [9.17, 15) is 9.59 Å². The Hall–Kier alpha value is -1.78. The molecule has 114 valence electrons. The number of furan rings is 1. The molecule has 5 heteroatoms. The number of amides is 2. The van der Waals surface area contributed by atoms with Crippen LogP contribution in [0.25, 0.3) is 0 Å². The van der Waals surface area contributed by atoms with Gasteiger partial charge in [-0.25, -0.2) is 0 Å². The molecular weight excluding hydrogens is 268 g/mol. The number of carbonyl (C=O) groups is 2. The molecule has 1 aromatic rings. The Labute approximate surface area is 124 Å². The van der Waals surface area contributed by atoms with Crippen molar-refractivity contribution in [3.8, 4) is 0 Å². The van der Waals surface area contributed by atoms with Gasteiger partial charge >= 0.3 is 0 Å². The van der Waals surface area contributed by atoms with Crippen LogP contribution in [-0.2, 0) is 16.1 Å². The summed E-state index contributed by atoms with van der Waals surface area (Å²) in [5.74, 6) is 0.812. The molecule has 3 rings (SSSR count). The number of hydrogen-bond acceptors (Lipinski definition) is 3. The molecule has 2 amide bonds. The summed E-state index contributed by atoms with van der Waals surface area (Å²) < 4.78 is 5.37. The standard InChI is InChI=1S/C16H22N2O3/c1-11(2)13-14(19)17-16(7-3-4-8-16)15(20)18(13)10-12-6-5-9-21-12/h5-6,9,11,13H,3-4,7-8,10H2,1-2H3,(H,17,19). The average Bonchev–Trinajstić information content (AvgIpc) is 3.07. The maximum atomic E-state index is 13.0. The number of rotatable bonds is 3. The summed E-state index contributed by atoms with van der Waals surface area (Å²) in [6, 6.07) is 3.23. The van der Waals surface area contributed by atoms with Crippen molar-refractivity contribution in [2.75, 3.05) is 0 Å². The van der Waals surface area contributed by atoms with Crippen LogP contribution in [-0.4, -0.2) is 28.3 Å². The molecule has 1 spiro atoms. The number of piperazine rings is 1. The summed E-state index contributed by atoms with van der Waals surface area (Å²) in [6.45, 7) is 4.31. The van der Waals surface area contributed by atoms with E-state index in [0.29, 0.717) is 6.54 Å². The first-order valence-electron chi connectivity index (χ1n) is 7.69. The van der Waals surface area contributed by atoms with E-state index in [1.807, 2.05) is 19.9 Å². The van der Waals surface area contributed by atoms with Gasteiger partial charge in [-0.2, -0.15) is 0 Å². The molecule has 0 radical (unpaired) electrons. The third-order valence-electron chi connectivity index (χ3n) is 4.63. The lowest BCUT2D eigenvalue weighted by Gasteiger charge is -2.45. The largest absolute Gasteiger partial charge is 0.467 e. The highest BCUT2D eigenvalue weighted by Crippen LogP contribution is 2.36. The number of nitrogens with zero attached hydrogens (tertiary/aromatic N) is 1. The van der Waals surface area contributed by atoms with Gasteiger partial charge in [0.2, 0.25) is 11.8 Å². The quantitative estimate of drug-likeness (QED) is 0.927. The third kappa shape index (κ3) is 2.34. The highest BCUT2D eigenvalue weighted by atomic mass is 16.3. The van der Waals surface area contributed by atoms with Gasteiger partial charge in [0.15, 0.2) is 0 Å². The topological polar surface area (TPSA) is 62.6 Å². The Bertz CT molecular complexity index is 530. The molecule has 2 aliphatic rings. The van der Waals surface area contributed by atoms with Gasteiger partial charge in [0.05, 0.1) is 12.8 Å². The van der Waals surface area contributed by atoms with Crippen molar-refractivity contribution in [1.82, 2.24) is 10.2 Å². The van der Waals surface area contributed by atoms with Crippen LogP contribution in [0.1, 0.15) is 45.3 Å². The lowest BCUT2D eigenvalue weighted by Crippen LogP contribution is -2.70. The zero-order chi connectivity index (χ0) is 15.0. The van der Waals surface area contributed by atoms with Crippen LogP contribution in [0.2, 0.25) is 0 Å². The van der Waals surface area contributed by atoms with Gasteiger partial charge < -0.3 is 14.6 Å². The van der Waals surface area contributed by atoms with Crippen molar-refractivity contribution in [2.24, 2.45) is 5.92 Å². The first-order chi connectivity index (χ1) is 10.0. The molecule has 0 bridgehead atoms. The second-order valence-corrected chi connectivity index (χ2v) is 6.48. The first kappa shape index (κ1) is 14.2. The number of hydrogen-bond donors (Lipinski definition) is 1. The van der Waals surface area contributed by atoms with E-state index < -0.39 is 11.6 Å². The van der Waals surface area contributed by atoms with E-state index in [2.05, 4.69) is 5.32 Å². The lowest BCUT2D eigenvalue weighted by atomic mass is 9.87. The monoisotopic (exact) mass is 290 g/mol. The summed E-state index contributed by atoms with van der Waals surface area (Å²) >= 11 is 0. The van der Waals surface area contributed by atoms with E-state index in [4.69, 9.17) is 4.42 Å². The zero-order valence-corrected chi connectivity index (χ0v) is 12.6. The maximum absolute atomic E-state index is 13.0. The van der Waals surface area contributed by atoms with Crippen LogP contribution in [0.15, 0.2) is 22.8 Å². The SMILES string of the molecule is CC(C)C1C(=O)NC2(CCCC2)C(=O)N1Cc1ccco1. The molecule has 1 unspecified atom stereocenters. The average molecular weight is 290 g/mol. The molecule has 1 aliphatic heterocycles. The van der Waals surface area contributed by atoms with Gasteiger partial charge in [0.1, 0.15) is 17.3 Å². The van der Waals surface area contributed by atoms with Gasteiger partial charge in [-0.3, -0.25) is 9.59 Å². The minimum atomic E-state index is -0.672. The summed E-state index contributed by atoms with van der Waals surface area (Å²) in [7, 11) is 0. The number of carbonyl (C=O) groups excluding carboxylic acids is 2. The van der Waals surface area contributed by atoms with Gasteiger partial charge in [0.25, 0.3) is 0 Å². The fraction of sp³-hybridized carbons (Fsp3) is 0.625. The van der Waals surface area contributed by atoms with Crippen LogP contribution < -0.4 is 5.32 Å². The van der Waals surface area contributed by atoms with Gasteiger partial charge in [0, 0.05) is 0 Å². The molecule has 1 aliphatic carbocycles. The summed E-state index contributed by atoms with van der Waals surface area (Å²) in [4.78, 5) is 27.3. The number of nitrogens with one attached hydrogen (secondary N) is 1. The Kier molecular flexibility index (Phi) is 3.51.